The molecule has 0 spiro atoms. The molecule has 3 amide bonds. The first kappa shape index (κ1) is 18.7. The molecule has 0 radical (unpaired) electrons. The van der Waals surface area contributed by atoms with E-state index in [2.05, 4.69) is 10.6 Å². The fraction of sp³-hybridized carbons (Fsp3) is 0.150. The minimum Gasteiger partial charge on any atom is -0.350 e. The van der Waals surface area contributed by atoms with Crippen molar-refractivity contribution in [2.24, 2.45) is 0 Å². The van der Waals surface area contributed by atoms with E-state index in [-0.39, 0.29) is 17.2 Å². The van der Waals surface area contributed by atoms with Crippen molar-refractivity contribution in [2.75, 3.05) is 17.7 Å². The van der Waals surface area contributed by atoms with E-state index in [0.29, 0.717) is 22.0 Å². The minimum atomic E-state index is -0.416. The van der Waals surface area contributed by atoms with Crippen LogP contribution in [0, 0.1) is 6.92 Å². The highest BCUT2D eigenvalue weighted by Crippen LogP contribution is 2.31. The molecular formula is C20H18ClN3O3. The van der Waals surface area contributed by atoms with Gasteiger partial charge in [0, 0.05) is 30.4 Å². The van der Waals surface area contributed by atoms with Crippen molar-refractivity contribution in [1.82, 2.24) is 4.90 Å². The lowest BCUT2D eigenvalue weighted by Crippen LogP contribution is -2.28. The Morgan fingerprint density at radius 3 is 2.33 bits per heavy atom. The number of aryl methyl sites for hydroxylation is 1. The minimum absolute atomic E-state index is 0.187. The largest absolute Gasteiger partial charge is 0.350 e. The quantitative estimate of drug-likeness (QED) is 0.793. The number of hydrogen-bond acceptors (Lipinski definition) is 4. The van der Waals surface area contributed by atoms with E-state index >= 15 is 0 Å². The first-order valence-corrected chi connectivity index (χ1v) is 8.63. The van der Waals surface area contributed by atoms with Gasteiger partial charge in [0.2, 0.25) is 5.91 Å². The van der Waals surface area contributed by atoms with Crippen molar-refractivity contribution >= 4 is 46.3 Å². The number of carbonyl (C=O) groups excluding carboxylic acids is 3. The van der Waals surface area contributed by atoms with Gasteiger partial charge >= 0.3 is 0 Å². The number of imide groups is 1. The van der Waals surface area contributed by atoms with Crippen LogP contribution in [-0.4, -0.2) is 29.7 Å². The number of hydrogen-bond donors (Lipinski definition) is 2. The average molecular weight is 384 g/mol. The predicted molar refractivity (Wildman–Crippen MR) is 105 cm³/mol. The van der Waals surface area contributed by atoms with Crippen molar-refractivity contribution in [3.8, 4) is 0 Å². The fourth-order valence-electron chi connectivity index (χ4n) is 2.81. The molecular weight excluding hydrogens is 366 g/mol. The van der Waals surface area contributed by atoms with Gasteiger partial charge in [-0.3, -0.25) is 19.3 Å². The van der Waals surface area contributed by atoms with Gasteiger partial charge in [0.1, 0.15) is 5.70 Å². The van der Waals surface area contributed by atoms with E-state index in [1.54, 1.807) is 36.4 Å². The van der Waals surface area contributed by atoms with Crippen LogP contribution in [-0.2, 0) is 14.4 Å². The number of anilines is 2. The summed E-state index contributed by atoms with van der Waals surface area (Å²) >= 11 is 6.06. The second kappa shape index (κ2) is 7.25. The molecule has 0 aromatic heterocycles. The predicted octanol–water partition coefficient (Wildman–Crippen LogP) is 3.43. The number of nitrogens with zero attached hydrogens (tertiary/aromatic N) is 1. The van der Waals surface area contributed by atoms with Gasteiger partial charge in [-0.25, -0.2) is 0 Å². The van der Waals surface area contributed by atoms with Gasteiger partial charge in [-0.15, -0.1) is 0 Å². The molecule has 3 rings (SSSR count). The van der Waals surface area contributed by atoms with Gasteiger partial charge in [-0.1, -0.05) is 29.8 Å². The van der Waals surface area contributed by atoms with Crippen LogP contribution in [0.2, 0.25) is 5.02 Å². The zero-order chi connectivity index (χ0) is 19.7. The maximum absolute atomic E-state index is 12.6. The number of carbonyl (C=O) groups is 3. The van der Waals surface area contributed by atoms with E-state index < -0.39 is 11.8 Å². The highest BCUT2D eigenvalue weighted by molar-refractivity contribution is 6.36. The molecule has 0 saturated carbocycles. The number of likely N-dealkylation sites (N-methyl/N-ethyl adjacent to an activating group) is 1. The van der Waals surface area contributed by atoms with Crippen molar-refractivity contribution < 1.29 is 14.4 Å². The van der Waals surface area contributed by atoms with Gasteiger partial charge in [-0.2, -0.15) is 0 Å². The lowest BCUT2D eigenvalue weighted by atomic mass is 10.0. The van der Waals surface area contributed by atoms with Gasteiger partial charge in [0.05, 0.1) is 5.57 Å². The summed E-state index contributed by atoms with van der Waals surface area (Å²) in [5.74, 6) is -0.998. The van der Waals surface area contributed by atoms with Crippen LogP contribution in [0.25, 0.3) is 5.57 Å². The molecule has 0 atom stereocenters. The van der Waals surface area contributed by atoms with Gasteiger partial charge in [-0.05, 0) is 42.3 Å². The molecule has 1 heterocycles. The molecule has 0 unspecified atom stereocenters. The molecule has 0 saturated heterocycles. The number of amides is 3. The smallest absolute Gasteiger partial charge is 0.277 e. The second-order valence-corrected chi connectivity index (χ2v) is 6.70. The third kappa shape index (κ3) is 3.71. The first-order valence-electron chi connectivity index (χ1n) is 8.26. The molecule has 0 fully saturated rings. The standard InChI is InChI=1S/C20H18ClN3O3/c1-11-4-7-14(21)10-16(11)23-18-17(19(26)24(3)20(18)27)13-5-8-15(9-6-13)22-12(2)25/h4-10,23H,1-3H3,(H,22,25). The Morgan fingerprint density at radius 2 is 1.70 bits per heavy atom. The van der Waals surface area contributed by atoms with Crippen LogP contribution in [0.1, 0.15) is 18.1 Å². The average Bonchev–Trinajstić information content (AvgIpc) is 2.83. The Labute approximate surface area is 161 Å². The number of nitrogens with one attached hydrogen (secondary N) is 2. The normalized spacial score (nSPS) is 14.0. The van der Waals surface area contributed by atoms with E-state index in [1.807, 2.05) is 13.0 Å². The number of benzene rings is 2. The molecule has 1 aliphatic rings. The summed E-state index contributed by atoms with van der Waals surface area (Å²) in [5, 5.41) is 6.26. The Hall–Kier alpha value is -3.12. The zero-order valence-corrected chi connectivity index (χ0v) is 15.8. The Balaban J connectivity index is 2.04. The van der Waals surface area contributed by atoms with Gasteiger partial charge in [0.25, 0.3) is 11.8 Å². The highest BCUT2D eigenvalue weighted by Gasteiger charge is 2.36. The molecule has 0 bridgehead atoms. The van der Waals surface area contributed by atoms with Gasteiger partial charge < -0.3 is 10.6 Å². The summed E-state index contributed by atoms with van der Waals surface area (Å²) in [4.78, 5) is 37.5. The topological polar surface area (TPSA) is 78.5 Å². The van der Waals surface area contributed by atoms with Crippen LogP contribution in [0.5, 0.6) is 0 Å². The number of halogens is 1. The molecule has 7 heteroatoms. The first-order chi connectivity index (χ1) is 12.8. The maximum atomic E-state index is 12.6. The molecule has 1 aliphatic heterocycles. The molecule has 0 aliphatic carbocycles. The third-order valence-corrected chi connectivity index (χ3v) is 4.48. The second-order valence-electron chi connectivity index (χ2n) is 6.26. The SMILES string of the molecule is CC(=O)Nc1ccc(C2=C(Nc3cc(Cl)ccc3C)C(=O)N(C)C2=O)cc1. The Kier molecular flexibility index (Phi) is 5.01. The molecule has 6 nitrogen and oxygen atoms in total. The highest BCUT2D eigenvalue weighted by atomic mass is 35.5. The zero-order valence-electron chi connectivity index (χ0n) is 15.1. The molecule has 2 aromatic rings. The lowest BCUT2D eigenvalue weighted by molar-refractivity contribution is -0.135. The summed E-state index contributed by atoms with van der Waals surface area (Å²) in [6.45, 7) is 3.30. The van der Waals surface area contributed by atoms with Crippen molar-refractivity contribution in [3.05, 3.63) is 64.3 Å². The van der Waals surface area contributed by atoms with Crippen molar-refractivity contribution in [1.29, 1.82) is 0 Å². The van der Waals surface area contributed by atoms with Crippen LogP contribution < -0.4 is 10.6 Å². The van der Waals surface area contributed by atoms with Gasteiger partial charge in [0.15, 0.2) is 0 Å². The van der Waals surface area contributed by atoms with Crippen molar-refractivity contribution in [2.45, 2.75) is 13.8 Å². The van der Waals surface area contributed by atoms with E-state index in [1.165, 1.54) is 14.0 Å². The molecule has 2 aromatic carbocycles. The summed E-state index contributed by atoms with van der Waals surface area (Å²) in [6, 6.07) is 12.0. The van der Waals surface area contributed by atoms with Crippen LogP contribution >= 0.6 is 11.6 Å². The maximum Gasteiger partial charge on any atom is 0.277 e. The molecule has 27 heavy (non-hydrogen) atoms. The summed E-state index contributed by atoms with van der Waals surface area (Å²) in [7, 11) is 1.44. The Bertz CT molecular complexity index is 980. The van der Waals surface area contributed by atoms with Crippen LogP contribution in [0.15, 0.2) is 48.2 Å². The van der Waals surface area contributed by atoms with Crippen molar-refractivity contribution in [3.63, 3.8) is 0 Å². The molecule has 2 N–H and O–H groups in total. The Morgan fingerprint density at radius 1 is 1.04 bits per heavy atom. The summed E-state index contributed by atoms with van der Waals surface area (Å²) < 4.78 is 0. The lowest BCUT2D eigenvalue weighted by Gasteiger charge is -2.12. The molecule has 138 valence electrons. The third-order valence-electron chi connectivity index (χ3n) is 4.24. The number of rotatable bonds is 4. The fourth-order valence-corrected chi connectivity index (χ4v) is 2.98. The summed E-state index contributed by atoms with van der Waals surface area (Å²) in [6.07, 6.45) is 0. The van der Waals surface area contributed by atoms with Crippen LogP contribution in [0.4, 0.5) is 11.4 Å². The van der Waals surface area contributed by atoms with E-state index in [9.17, 15) is 14.4 Å². The monoisotopic (exact) mass is 383 g/mol. The van der Waals surface area contributed by atoms with E-state index in [4.69, 9.17) is 11.6 Å². The van der Waals surface area contributed by atoms with Crippen LogP contribution in [0.3, 0.4) is 0 Å². The van der Waals surface area contributed by atoms with E-state index in [0.717, 1.165) is 10.5 Å². The summed E-state index contributed by atoms with van der Waals surface area (Å²) in [5.41, 5.74) is 3.20.